The smallest absolute Gasteiger partial charge is 0.137 e. The van der Waals surface area contributed by atoms with E-state index in [1.807, 2.05) is 18.2 Å². The zero-order valence-corrected chi connectivity index (χ0v) is 11.7. The van der Waals surface area contributed by atoms with E-state index in [9.17, 15) is 0 Å². The van der Waals surface area contributed by atoms with E-state index in [2.05, 4.69) is 38.8 Å². The summed E-state index contributed by atoms with van der Waals surface area (Å²) in [5.41, 5.74) is 0.771. The predicted octanol–water partition coefficient (Wildman–Crippen LogP) is 3.06. The minimum atomic E-state index is 0.179. The Kier molecular flexibility index (Phi) is 5.18. The molecule has 1 rings (SSSR count). The van der Waals surface area contributed by atoms with Crippen molar-refractivity contribution in [2.45, 2.75) is 32.7 Å². The molecule has 0 aliphatic rings. The first-order valence-electron chi connectivity index (χ1n) is 6.34. The van der Waals surface area contributed by atoms with Crippen LogP contribution in [0.2, 0.25) is 0 Å². The number of nitriles is 1. The number of para-hydroxylation sites is 1. The van der Waals surface area contributed by atoms with Gasteiger partial charge in [0.2, 0.25) is 0 Å². The number of hydrogen-bond donors (Lipinski definition) is 0. The molecule has 1 aromatic carbocycles. The Labute approximate surface area is 110 Å². The predicted molar refractivity (Wildman–Crippen MR) is 73.7 cm³/mol. The van der Waals surface area contributed by atoms with E-state index < -0.39 is 0 Å². The Morgan fingerprint density at radius 1 is 1.33 bits per heavy atom. The molecule has 0 aromatic heterocycles. The van der Waals surface area contributed by atoms with Gasteiger partial charge in [0.15, 0.2) is 0 Å². The second-order valence-electron chi connectivity index (χ2n) is 5.04. The molecule has 0 unspecified atom stereocenters. The van der Waals surface area contributed by atoms with Gasteiger partial charge >= 0.3 is 0 Å². The fourth-order valence-corrected chi connectivity index (χ4v) is 1.55. The molecule has 3 heteroatoms. The van der Waals surface area contributed by atoms with Crippen molar-refractivity contribution in [2.75, 3.05) is 20.2 Å². The number of rotatable bonds is 6. The summed E-state index contributed by atoms with van der Waals surface area (Å²) in [5, 5.41) is 8.95. The van der Waals surface area contributed by atoms with Crippen molar-refractivity contribution < 1.29 is 4.74 Å². The molecule has 0 radical (unpaired) electrons. The molecular weight excluding hydrogens is 224 g/mol. The molecule has 0 N–H and O–H groups in total. The van der Waals surface area contributed by atoms with Crippen LogP contribution in [0.15, 0.2) is 24.3 Å². The molecule has 0 amide bonds. The minimum absolute atomic E-state index is 0.179. The van der Waals surface area contributed by atoms with Gasteiger partial charge in [-0.05, 0) is 39.4 Å². The fourth-order valence-electron chi connectivity index (χ4n) is 1.55. The van der Waals surface area contributed by atoms with Crippen LogP contribution in [-0.2, 0) is 0 Å². The SMILES string of the molecule is CCC(C)(C)N(C)CCOc1ccccc1C#N. The lowest BCUT2D eigenvalue weighted by Crippen LogP contribution is -2.42. The van der Waals surface area contributed by atoms with Gasteiger partial charge in [-0.2, -0.15) is 5.26 Å². The quantitative estimate of drug-likeness (QED) is 0.774. The van der Waals surface area contributed by atoms with Crippen LogP contribution in [0.25, 0.3) is 0 Å². The Hall–Kier alpha value is -1.53. The first kappa shape index (κ1) is 14.5. The highest BCUT2D eigenvalue weighted by Crippen LogP contribution is 2.18. The topological polar surface area (TPSA) is 36.3 Å². The average molecular weight is 246 g/mol. The minimum Gasteiger partial charge on any atom is -0.491 e. The number of benzene rings is 1. The summed E-state index contributed by atoms with van der Waals surface area (Å²) in [6.45, 7) is 8.06. The van der Waals surface area contributed by atoms with Crippen LogP contribution in [0.1, 0.15) is 32.8 Å². The van der Waals surface area contributed by atoms with Crippen LogP contribution in [0.5, 0.6) is 5.75 Å². The monoisotopic (exact) mass is 246 g/mol. The van der Waals surface area contributed by atoms with Gasteiger partial charge < -0.3 is 4.74 Å². The molecule has 98 valence electrons. The zero-order valence-electron chi connectivity index (χ0n) is 11.7. The van der Waals surface area contributed by atoms with Gasteiger partial charge in [0.25, 0.3) is 0 Å². The molecule has 0 heterocycles. The molecule has 0 bridgehead atoms. The molecule has 0 atom stereocenters. The maximum atomic E-state index is 8.95. The highest BCUT2D eigenvalue weighted by atomic mass is 16.5. The van der Waals surface area contributed by atoms with Gasteiger partial charge in [-0.3, -0.25) is 4.90 Å². The number of likely N-dealkylation sites (N-methyl/N-ethyl adjacent to an activating group) is 1. The number of hydrogen-bond acceptors (Lipinski definition) is 3. The second kappa shape index (κ2) is 6.42. The maximum Gasteiger partial charge on any atom is 0.137 e. The lowest BCUT2D eigenvalue weighted by molar-refractivity contribution is 0.125. The van der Waals surface area contributed by atoms with Crippen molar-refractivity contribution in [2.24, 2.45) is 0 Å². The molecule has 3 nitrogen and oxygen atoms in total. The third-order valence-electron chi connectivity index (χ3n) is 3.59. The van der Waals surface area contributed by atoms with Crippen LogP contribution in [0.4, 0.5) is 0 Å². The molecule has 0 fully saturated rings. The number of nitrogens with zero attached hydrogens (tertiary/aromatic N) is 2. The van der Waals surface area contributed by atoms with E-state index in [0.717, 1.165) is 13.0 Å². The van der Waals surface area contributed by atoms with Gasteiger partial charge in [0, 0.05) is 12.1 Å². The summed E-state index contributed by atoms with van der Waals surface area (Å²) >= 11 is 0. The molecule has 0 saturated carbocycles. The van der Waals surface area contributed by atoms with E-state index in [4.69, 9.17) is 10.00 Å². The van der Waals surface area contributed by atoms with Gasteiger partial charge in [0.1, 0.15) is 18.4 Å². The average Bonchev–Trinajstić information content (AvgIpc) is 2.39. The van der Waals surface area contributed by atoms with Gasteiger partial charge in [-0.1, -0.05) is 19.1 Å². The molecular formula is C15H22N2O. The van der Waals surface area contributed by atoms with Crippen molar-refractivity contribution >= 4 is 0 Å². The number of ether oxygens (including phenoxy) is 1. The highest BCUT2D eigenvalue weighted by molar-refractivity contribution is 5.42. The lowest BCUT2D eigenvalue weighted by atomic mass is 10.0. The normalized spacial score (nSPS) is 11.3. The van der Waals surface area contributed by atoms with Crippen molar-refractivity contribution in [3.05, 3.63) is 29.8 Å². The summed E-state index contributed by atoms with van der Waals surface area (Å²) in [7, 11) is 2.10. The Morgan fingerprint density at radius 2 is 2.00 bits per heavy atom. The Balaban J connectivity index is 2.50. The van der Waals surface area contributed by atoms with Crippen LogP contribution in [0.3, 0.4) is 0 Å². The molecule has 0 saturated heterocycles. The summed E-state index contributed by atoms with van der Waals surface area (Å²) in [5.74, 6) is 0.669. The third-order valence-corrected chi connectivity index (χ3v) is 3.59. The third kappa shape index (κ3) is 3.75. The van der Waals surface area contributed by atoms with Crippen LogP contribution >= 0.6 is 0 Å². The van der Waals surface area contributed by atoms with Gasteiger partial charge in [0.05, 0.1) is 5.56 Å². The first-order chi connectivity index (χ1) is 8.51. The molecule has 0 aliphatic carbocycles. The lowest BCUT2D eigenvalue weighted by Gasteiger charge is -2.34. The van der Waals surface area contributed by atoms with E-state index in [0.29, 0.717) is 17.9 Å². The van der Waals surface area contributed by atoms with E-state index in [1.165, 1.54) is 0 Å². The van der Waals surface area contributed by atoms with Crippen LogP contribution < -0.4 is 4.74 Å². The van der Waals surface area contributed by atoms with Crippen molar-refractivity contribution in [1.29, 1.82) is 5.26 Å². The zero-order chi connectivity index (χ0) is 13.6. The van der Waals surface area contributed by atoms with E-state index in [1.54, 1.807) is 6.07 Å². The largest absolute Gasteiger partial charge is 0.491 e. The van der Waals surface area contributed by atoms with Gasteiger partial charge in [-0.25, -0.2) is 0 Å². The molecule has 0 aliphatic heterocycles. The van der Waals surface area contributed by atoms with Crippen LogP contribution in [-0.4, -0.2) is 30.6 Å². The van der Waals surface area contributed by atoms with Crippen molar-refractivity contribution in [1.82, 2.24) is 4.90 Å². The van der Waals surface area contributed by atoms with E-state index >= 15 is 0 Å². The molecule has 18 heavy (non-hydrogen) atoms. The Bertz CT molecular complexity index is 421. The van der Waals surface area contributed by atoms with Crippen molar-refractivity contribution in [3.8, 4) is 11.8 Å². The molecule has 0 spiro atoms. The van der Waals surface area contributed by atoms with Crippen LogP contribution in [0, 0.1) is 11.3 Å². The fraction of sp³-hybridized carbons (Fsp3) is 0.533. The van der Waals surface area contributed by atoms with Crippen molar-refractivity contribution in [3.63, 3.8) is 0 Å². The first-order valence-corrected chi connectivity index (χ1v) is 6.34. The standard InChI is InChI=1S/C15H22N2O/c1-5-15(2,3)17(4)10-11-18-14-9-7-6-8-13(14)12-16/h6-9H,5,10-11H2,1-4H3. The Morgan fingerprint density at radius 3 is 2.61 bits per heavy atom. The summed E-state index contributed by atoms with van der Waals surface area (Å²) < 4.78 is 5.67. The highest BCUT2D eigenvalue weighted by Gasteiger charge is 2.20. The second-order valence-corrected chi connectivity index (χ2v) is 5.04. The summed E-state index contributed by atoms with van der Waals surface area (Å²) in [6.07, 6.45) is 1.10. The van der Waals surface area contributed by atoms with Gasteiger partial charge in [-0.15, -0.1) is 0 Å². The van der Waals surface area contributed by atoms with E-state index in [-0.39, 0.29) is 5.54 Å². The maximum absolute atomic E-state index is 8.95. The summed E-state index contributed by atoms with van der Waals surface area (Å²) in [6, 6.07) is 9.48. The summed E-state index contributed by atoms with van der Waals surface area (Å²) in [4.78, 5) is 2.28. The molecule has 1 aromatic rings.